The van der Waals surface area contributed by atoms with E-state index < -0.39 is 24.4 Å². The zero-order valence-electron chi connectivity index (χ0n) is 4.57. The van der Waals surface area contributed by atoms with Crippen LogP contribution in [0.3, 0.4) is 0 Å². The van der Waals surface area contributed by atoms with E-state index in [1.165, 1.54) is 0 Å². The van der Waals surface area contributed by atoms with Gasteiger partial charge in [0, 0.05) is 0 Å². The molecule has 5 nitrogen and oxygen atoms in total. The number of carboxylic acid groups (broad SMARTS) is 2. The average molecular weight is 267 g/mol. The molecule has 10 heavy (non-hydrogen) atoms. The predicted molar refractivity (Wildman–Crippen MR) is 35.0 cm³/mol. The summed E-state index contributed by atoms with van der Waals surface area (Å²) in [6.45, 7) is 0. The van der Waals surface area contributed by atoms with Crippen molar-refractivity contribution in [3.05, 3.63) is 0 Å². The second kappa shape index (κ2) is 6.65. The van der Waals surface area contributed by atoms with Crippen LogP contribution in [0, 0.1) is 0 Å². The molecule has 0 amide bonds. The van der Waals surface area contributed by atoms with Gasteiger partial charge in [-0.1, -0.05) is 0 Å². The number of rotatable bonds is 3. The monoisotopic (exact) mass is 267 g/mol. The molecule has 0 aliphatic rings. The molecule has 0 rings (SSSR count). The first-order valence-electron chi connectivity index (χ1n) is 2.24. The summed E-state index contributed by atoms with van der Waals surface area (Å²) in [6, 6.07) is -1.29. The third-order valence-corrected chi connectivity index (χ3v) is 0.712. The fourth-order valence-electron chi connectivity index (χ4n) is 0.275. The molecule has 0 unspecified atom stereocenters. The van der Waals surface area contributed by atoms with Crippen molar-refractivity contribution in [1.29, 1.82) is 0 Å². The standard InChI is InChI=1S/C4H7NO4.Cs.H/c5-2(4(8)9)1-3(6)7;;/h2H,1,5H2,(H,6,7)(H,8,9);;/t2-;;/m0../s1. The van der Waals surface area contributed by atoms with Gasteiger partial charge in [0.1, 0.15) is 6.04 Å². The van der Waals surface area contributed by atoms with E-state index in [4.69, 9.17) is 15.9 Å². The maximum atomic E-state index is 9.85. The summed E-state index contributed by atoms with van der Waals surface area (Å²) in [7, 11) is 0. The molecule has 54 valence electrons. The minimum absolute atomic E-state index is 0. The molecular weight excluding hydrogens is 259 g/mol. The Bertz CT molecular complexity index is 137. The van der Waals surface area contributed by atoms with Crippen molar-refractivity contribution in [3.8, 4) is 0 Å². The normalized spacial score (nSPS) is 11.3. The van der Waals surface area contributed by atoms with E-state index in [0.29, 0.717) is 0 Å². The number of nitrogens with two attached hydrogens (primary N) is 1. The van der Waals surface area contributed by atoms with Gasteiger partial charge in [-0.3, -0.25) is 9.59 Å². The summed E-state index contributed by atoms with van der Waals surface area (Å²) >= 11 is 0. The van der Waals surface area contributed by atoms with E-state index in [-0.39, 0.29) is 68.9 Å². The molecule has 0 heterocycles. The summed E-state index contributed by atoms with van der Waals surface area (Å²) in [5.74, 6) is -2.50. The summed E-state index contributed by atoms with van der Waals surface area (Å²) in [5, 5.41) is 16.0. The van der Waals surface area contributed by atoms with Crippen LogP contribution in [0.25, 0.3) is 0 Å². The SMILES string of the molecule is N[C@@H](CC(=O)O)C(=O)O.[CsH]. The van der Waals surface area contributed by atoms with Crippen molar-refractivity contribution in [3.63, 3.8) is 0 Å². The van der Waals surface area contributed by atoms with Crippen molar-refractivity contribution in [2.45, 2.75) is 12.5 Å². The predicted octanol–water partition coefficient (Wildman–Crippen LogP) is -1.78. The maximum absolute atomic E-state index is 9.85. The second-order valence-electron chi connectivity index (χ2n) is 1.54. The molecule has 0 aromatic carbocycles. The molecule has 1 atom stereocenters. The molecule has 0 saturated carbocycles. The van der Waals surface area contributed by atoms with Crippen LogP contribution in [-0.4, -0.2) is 97.1 Å². The van der Waals surface area contributed by atoms with E-state index in [1.807, 2.05) is 0 Å². The number of carbonyl (C=O) groups is 2. The van der Waals surface area contributed by atoms with E-state index in [2.05, 4.69) is 0 Å². The molecule has 0 bridgehead atoms. The van der Waals surface area contributed by atoms with Crippen LogP contribution in [0.2, 0.25) is 0 Å². The van der Waals surface area contributed by atoms with Crippen LogP contribution in [0.4, 0.5) is 0 Å². The molecule has 0 aromatic rings. The van der Waals surface area contributed by atoms with Crippen molar-refractivity contribution in [2.75, 3.05) is 0 Å². The summed E-state index contributed by atoms with van der Waals surface area (Å²) < 4.78 is 0. The number of hydrogen-bond acceptors (Lipinski definition) is 3. The average Bonchev–Trinajstić information content (AvgIpc) is 1.63. The fraction of sp³-hybridized carbons (Fsp3) is 0.500. The molecule has 0 aliphatic carbocycles. The zero-order chi connectivity index (χ0) is 7.44. The van der Waals surface area contributed by atoms with Crippen LogP contribution in [0.15, 0.2) is 0 Å². The Labute approximate surface area is 116 Å². The van der Waals surface area contributed by atoms with Gasteiger partial charge in [0.25, 0.3) is 0 Å². The van der Waals surface area contributed by atoms with E-state index in [9.17, 15) is 9.59 Å². The van der Waals surface area contributed by atoms with Crippen molar-refractivity contribution in [2.24, 2.45) is 5.73 Å². The molecule has 0 aromatic heterocycles. The number of hydrogen-bond donors (Lipinski definition) is 3. The molecular formula is C4H8CsNO4. The molecule has 0 radical (unpaired) electrons. The third kappa shape index (κ3) is 7.06. The summed E-state index contributed by atoms with van der Waals surface area (Å²) in [6.07, 6.45) is -0.532. The van der Waals surface area contributed by atoms with E-state index in [1.54, 1.807) is 0 Å². The number of aliphatic carboxylic acids is 2. The first-order chi connectivity index (χ1) is 4.04. The Morgan fingerprint density at radius 1 is 1.40 bits per heavy atom. The Morgan fingerprint density at radius 3 is 1.90 bits per heavy atom. The quantitative estimate of drug-likeness (QED) is 0.561. The molecule has 0 spiro atoms. The minimum atomic E-state index is -1.29. The van der Waals surface area contributed by atoms with Crippen LogP contribution in [-0.2, 0) is 9.59 Å². The fourth-order valence-corrected chi connectivity index (χ4v) is 0.275. The molecule has 0 saturated heterocycles. The third-order valence-electron chi connectivity index (χ3n) is 0.712. The van der Waals surface area contributed by atoms with Crippen molar-refractivity contribution < 1.29 is 19.8 Å². The van der Waals surface area contributed by atoms with E-state index >= 15 is 0 Å². The van der Waals surface area contributed by atoms with Crippen LogP contribution in [0.5, 0.6) is 0 Å². The van der Waals surface area contributed by atoms with Gasteiger partial charge in [-0.25, -0.2) is 0 Å². The summed E-state index contributed by atoms with van der Waals surface area (Å²) in [5.41, 5.74) is 4.84. The van der Waals surface area contributed by atoms with Gasteiger partial charge in [0.15, 0.2) is 0 Å². The van der Waals surface area contributed by atoms with Crippen molar-refractivity contribution >= 4 is 80.8 Å². The van der Waals surface area contributed by atoms with Gasteiger partial charge in [-0.2, -0.15) is 0 Å². The molecule has 0 aliphatic heterocycles. The molecule has 6 heteroatoms. The second-order valence-corrected chi connectivity index (χ2v) is 1.54. The van der Waals surface area contributed by atoms with E-state index in [0.717, 1.165) is 0 Å². The first kappa shape index (κ1) is 13.5. The number of carboxylic acids is 2. The van der Waals surface area contributed by atoms with Crippen molar-refractivity contribution in [1.82, 2.24) is 0 Å². The Balaban J connectivity index is 0. The summed E-state index contributed by atoms with van der Waals surface area (Å²) in [4.78, 5) is 19.6. The Kier molecular flexibility index (Phi) is 9.00. The first-order valence-corrected chi connectivity index (χ1v) is 2.24. The Hall–Kier alpha value is 0.952. The molecule has 4 N–H and O–H groups in total. The topological polar surface area (TPSA) is 101 Å². The Morgan fingerprint density at radius 2 is 1.80 bits per heavy atom. The van der Waals surface area contributed by atoms with Gasteiger partial charge in [0.2, 0.25) is 0 Å². The van der Waals surface area contributed by atoms with Gasteiger partial charge in [-0.05, 0) is 0 Å². The van der Waals surface area contributed by atoms with Gasteiger partial charge < -0.3 is 15.9 Å². The van der Waals surface area contributed by atoms with Crippen LogP contribution < -0.4 is 5.73 Å². The van der Waals surface area contributed by atoms with Gasteiger partial charge in [-0.15, -0.1) is 0 Å². The van der Waals surface area contributed by atoms with Gasteiger partial charge >= 0.3 is 80.8 Å². The van der Waals surface area contributed by atoms with Gasteiger partial charge in [0.05, 0.1) is 6.42 Å². The molecule has 0 fully saturated rings. The van der Waals surface area contributed by atoms with Crippen LogP contribution >= 0.6 is 0 Å². The van der Waals surface area contributed by atoms with Crippen LogP contribution in [0.1, 0.15) is 6.42 Å². The zero-order valence-corrected chi connectivity index (χ0v) is 4.57.